The summed E-state index contributed by atoms with van der Waals surface area (Å²) < 4.78 is 20.1. The zero-order valence-corrected chi connectivity index (χ0v) is 19.5. The second-order valence-corrected chi connectivity index (χ2v) is 9.98. The van der Waals surface area contributed by atoms with E-state index in [2.05, 4.69) is 14.7 Å². The van der Waals surface area contributed by atoms with Gasteiger partial charge in [-0.3, -0.25) is 14.7 Å². The number of hydrogen-bond donors (Lipinski definition) is 0. The first-order chi connectivity index (χ1) is 15.5. The molecule has 2 saturated heterocycles. The van der Waals surface area contributed by atoms with Gasteiger partial charge in [-0.25, -0.2) is 4.48 Å². The smallest absolute Gasteiger partial charge is 0.294 e. The van der Waals surface area contributed by atoms with Crippen molar-refractivity contribution in [1.29, 1.82) is 0 Å². The highest BCUT2D eigenvalue weighted by molar-refractivity contribution is 7.25. The molecule has 0 aliphatic carbocycles. The molecule has 0 bridgehead atoms. The monoisotopic (exact) mass is 460 g/mol. The summed E-state index contributed by atoms with van der Waals surface area (Å²) in [6, 6.07) is 6.61. The van der Waals surface area contributed by atoms with Crippen LogP contribution in [0.2, 0.25) is 0 Å². The Morgan fingerprint density at radius 1 is 1.03 bits per heavy atom. The number of rotatable bonds is 7. The Bertz CT molecular complexity index is 933. The number of nitro groups is 1. The van der Waals surface area contributed by atoms with Crippen LogP contribution in [-0.4, -0.2) is 88.5 Å². The van der Waals surface area contributed by atoms with Crippen molar-refractivity contribution >= 4 is 14.1 Å². The van der Waals surface area contributed by atoms with Gasteiger partial charge in [0.1, 0.15) is 6.54 Å². The molecule has 0 spiro atoms. The molecular weight excluding hydrogens is 429 g/mol. The molecule has 4 aliphatic rings. The van der Waals surface area contributed by atoms with Crippen LogP contribution in [-0.2, 0) is 15.7 Å². The van der Waals surface area contributed by atoms with Gasteiger partial charge in [-0.1, -0.05) is 12.1 Å². The van der Waals surface area contributed by atoms with Crippen LogP contribution in [0, 0.1) is 10.1 Å². The lowest BCUT2D eigenvalue weighted by Crippen LogP contribution is -2.75. The quantitative estimate of drug-likeness (QED) is 0.268. The molecule has 0 N–H and O–H groups in total. The number of quaternary nitrogens is 1. The number of nitrogens with zero attached hydrogens (tertiary/aromatic N) is 5. The lowest BCUT2D eigenvalue weighted by Gasteiger charge is -2.61. The average molecular weight is 460 g/mol. The van der Waals surface area contributed by atoms with Crippen molar-refractivity contribution in [2.45, 2.75) is 31.7 Å². The van der Waals surface area contributed by atoms with Crippen molar-refractivity contribution in [3.63, 3.8) is 0 Å². The van der Waals surface area contributed by atoms with E-state index in [0.717, 1.165) is 64.3 Å². The van der Waals surface area contributed by atoms with Crippen LogP contribution in [0.15, 0.2) is 35.9 Å². The summed E-state index contributed by atoms with van der Waals surface area (Å²) in [7, 11) is -0.0415. The Balaban J connectivity index is 1.62. The van der Waals surface area contributed by atoms with E-state index in [9.17, 15) is 14.7 Å². The van der Waals surface area contributed by atoms with Gasteiger partial charge in [-0.05, 0) is 18.9 Å². The van der Waals surface area contributed by atoms with E-state index >= 15 is 0 Å². The van der Waals surface area contributed by atoms with Gasteiger partial charge in [-0.2, -0.15) is 0 Å². The predicted molar refractivity (Wildman–Crippen MR) is 120 cm³/mol. The van der Waals surface area contributed by atoms with Gasteiger partial charge in [0.2, 0.25) is 5.82 Å². The highest BCUT2D eigenvalue weighted by Gasteiger charge is 2.63. The van der Waals surface area contributed by atoms with Gasteiger partial charge < -0.3 is 19.4 Å². The maximum Gasteiger partial charge on any atom is 0.294 e. The second kappa shape index (κ2) is 8.28. The molecule has 5 rings (SSSR count). The van der Waals surface area contributed by atoms with Crippen molar-refractivity contribution in [3.05, 3.63) is 51.6 Å². The van der Waals surface area contributed by atoms with E-state index in [-0.39, 0.29) is 19.1 Å². The fourth-order valence-electron chi connectivity index (χ4n) is 6.11. The van der Waals surface area contributed by atoms with Gasteiger partial charge in [0, 0.05) is 51.3 Å². The van der Waals surface area contributed by atoms with E-state index in [1.807, 2.05) is 6.92 Å². The van der Waals surface area contributed by atoms with E-state index in [0.29, 0.717) is 17.5 Å². The number of non-ortho nitro benzene ring substituents is 1. The molecule has 0 amide bonds. The van der Waals surface area contributed by atoms with Gasteiger partial charge in [0.15, 0.2) is 5.82 Å². The van der Waals surface area contributed by atoms with Crippen molar-refractivity contribution in [2.75, 3.05) is 59.0 Å². The summed E-state index contributed by atoms with van der Waals surface area (Å²) in [4.78, 5) is 18.2. The fraction of sp³-hybridized carbons (Fsp3) is 0.636. The summed E-state index contributed by atoms with van der Waals surface area (Å²) in [5.74, 6) is 2.58. The first-order valence-corrected chi connectivity index (χ1v) is 12.4. The van der Waals surface area contributed by atoms with Gasteiger partial charge in [0.25, 0.3) is 19.6 Å². The van der Waals surface area contributed by atoms with Crippen LogP contribution < -0.4 is 0 Å². The Hall–Kier alpha value is -2.22. The third-order valence-corrected chi connectivity index (χ3v) is 8.44. The van der Waals surface area contributed by atoms with Gasteiger partial charge >= 0.3 is 0 Å². The van der Waals surface area contributed by atoms with Crippen molar-refractivity contribution < 1.29 is 18.7 Å². The van der Waals surface area contributed by atoms with Crippen molar-refractivity contribution in [1.82, 2.24) is 14.7 Å². The van der Waals surface area contributed by atoms with Crippen molar-refractivity contribution in [2.24, 2.45) is 0 Å². The number of ether oxygens (including phenoxy) is 1. The van der Waals surface area contributed by atoms with Crippen LogP contribution in [0.25, 0.3) is 0 Å². The molecule has 4 aliphatic heterocycles. The molecule has 0 radical (unpaired) electrons. The summed E-state index contributed by atoms with van der Waals surface area (Å²) in [6.07, 6.45) is 2.64. The third kappa shape index (κ3) is 3.21. The number of hydrogen-bond acceptors (Lipinski definition) is 7. The SMILES string of the molecule is CCOC(Cc1ccc([N+](=O)[O-])cc1)(P=O)[N+]12CCCN3CCN4CCCN(CC1)C4=C32. The minimum Gasteiger partial charge on any atom is -0.350 e. The normalized spacial score (nSPS) is 26.7. The molecule has 0 aromatic heterocycles. The standard InChI is InChI=1S/C22H31N5O4P/c1-2-31-22(32-30,17-18-5-7-19(8-6-18)26(28)29)27-15-4-11-25-13-12-23-9-3-10-24(14-16-27)20(23)21(25)27/h5-8H,2-4,9-17H2,1H3/q+1. The summed E-state index contributed by atoms with van der Waals surface area (Å²) in [5, 5.41) is 11.1. The minimum absolute atomic E-state index is 0.0415. The number of benzene rings is 1. The summed E-state index contributed by atoms with van der Waals surface area (Å²) >= 11 is 0. The van der Waals surface area contributed by atoms with Crippen LogP contribution in [0.5, 0.6) is 0 Å². The molecular formula is C22H31N5O4P+. The highest BCUT2D eigenvalue weighted by Crippen LogP contribution is 2.50. The highest BCUT2D eigenvalue weighted by atomic mass is 31.1. The molecule has 32 heavy (non-hydrogen) atoms. The van der Waals surface area contributed by atoms with Crippen molar-refractivity contribution in [3.8, 4) is 0 Å². The Morgan fingerprint density at radius 3 is 2.41 bits per heavy atom. The first-order valence-electron chi connectivity index (χ1n) is 11.6. The zero-order chi connectivity index (χ0) is 22.3. The Kier molecular flexibility index (Phi) is 5.60. The van der Waals surface area contributed by atoms with Gasteiger partial charge in [-0.15, -0.1) is 0 Å². The lowest BCUT2D eigenvalue weighted by molar-refractivity contribution is -0.965. The molecule has 172 valence electrons. The molecule has 1 aromatic rings. The van der Waals surface area contributed by atoms with Gasteiger partial charge in [0.05, 0.1) is 31.0 Å². The molecule has 4 heterocycles. The predicted octanol–water partition coefficient (Wildman–Crippen LogP) is 2.80. The molecule has 2 fully saturated rings. The molecule has 10 heteroatoms. The molecule has 2 atom stereocenters. The maximum absolute atomic E-state index is 13.1. The maximum atomic E-state index is 13.1. The average Bonchev–Trinajstić information content (AvgIpc) is 2.82. The minimum atomic E-state index is -0.960. The van der Waals surface area contributed by atoms with E-state index in [1.165, 1.54) is 30.2 Å². The largest absolute Gasteiger partial charge is 0.350 e. The lowest BCUT2D eigenvalue weighted by atomic mass is 10.0. The van der Waals surface area contributed by atoms with Crippen LogP contribution in [0.1, 0.15) is 25.3 Å². The van der Waals surface area contributed by atoms with Crippen LogP contribution >= 0.6 is 8.46 Å². The number of nitro benzene ring substituents is 1. The zero-order valence-electron chi connectivity index (χ0n) is 18.6. The van der Waals surface area contributed by atoms with Crippen LogP contribution in [0.3, 0.4) is 0 Å². The Labute approximate surface area is 190 Å². The fourth-order valence-corrected chi connectivity index (χ4v) is 6.99. The molecule has 1 aromatic carbocycles. The van der Waals surface area contributed by atoms with E-state index in [4.69, 9.17) is 4.74 Å². The van der Waals surface area contributed by atoms with Crippen LogP contribution in [0.4, 0.5) is 5.69 Å². The first kappa shape index (κ1) is 21.6. The molecule has 0 saturated carbocycles. The summed E-state index contributed by atoms with van der Waals surface area (Å²) in [5.41, 5.74) is 0.00924. The molecule has 9 nitrogen and oxygen atoms in total. The third-order valence-electron chi connectivity index (χ3n) is 7.49. The summed E-state index contributed by atoms with van der Waals surface area (Å²) in [6.45, 7) is 10.3. The second-order valence-electron chi connectivity index (χ2n) is 9.10. The topological polar surface area (TPSA) is 79.2 Å². The molecule has 2 unspecified atom stereocenters. The Morgan fingerprint density at radius 2 is 1.72 bits per heavy atom. The van der Waals surface area contributed by atoms with E-state index in [1.54, 1.807) is 12.1 Å². The van der Waals surface area contributed by atoms with E-state index < -0.39 is 5.47 Å².